The minimum atomic E-state index is -1.29. The lowest BCUT2D eigenvalue weighted by atomic mass is 9.76. The number of aliphatic hydroxyl groups is 2. The van der Waals surface area contributed by atoms with Crippen molar-refractivity contribution in [3.05, 3.63) is 212 Å². The molecular formula is C101H150ClN14O16P3. The second-order valence-corrected chi connectivity index (χ2v) is 42.5. The van der Waals surface area contributed by atoms with E-state index >= 15 is 0 Å². The van der Waals surface area contributed by atoms with Gasteiger partial charge in [0.2, 0.25) is 25.4 Å². The molecule has 9 heterocycles. The van der Waals surface area contributed by atoms with E-state index in [-0.39, 0.29) is 126 Å². The molecule has 20 atom stereocenters. The number of fused-ring (bicyclic) bond motifs is 3. The molecule has 34 heteroatoms. The zero-order chi connectivity index (χ0) is 96.2. The molecule has 30 nitrogen and oxygen atoms in total. The van der Waals surface area contributed by atoms with Crippen molar-refractivity contribution < 1.29 is 61.4 Å². The molecule has 4 aliphatic carbocycles. The molecule has 10 aliphatic rings. The molecule has 4 saturated carbocycles. The Balaban J connectivity index is 0.000000166. The molecule has 742 valence electrons. The van der Waals surface area contributed by atoms with E-state index < -0.39 is 72.2 Å². The van der Waals surface area contributed by atoms with E-state index in [4.69, 9.17) is 48.1 Å². The van der Waals surface area contributed by atoms with Gasteiger partial charge in [-0.2, -0.15) is 15.0 Å². The van der Waals surface area contributed by atoms with E-state index in [9.17, 15) is 39.0 Å². The van der Waals surface area contributed by atoms with Crippen LogP contribution in [0.4, 0.5) is 17.5 Å². The number of amides is 3. The summed E-state index contributed by atoms with van der Waals surface area (Å²) in [5.74, 6) is -0.434. The summed E-state index contributed by atoms with van der Waals surface area (Å²) in [6.45, 7) is 26.8. The van der Waals surface area contributed by atoms with Gasteiger partial charge in [-0.3, -0.25) is 28.1 Å². The molecule has 6 N–H and O–H groups in total. The van der Waals surface area contributed by atoms with E-state index in [1.54, 1.807) is 72.1 Å². The third kappa shape index (κ3) is 25.8. The summed E-state index contributed by atoms with van der Waals surface area (Å²) >= 11 is 6.35. The summed E-state index contributed by atoms with van der Waals surface area (Å²) in [4.78, 5) is 87.4. The highest BCUT2D eigenvalue weighted by atomic mass is 35.7. The molecule has 0 spiro atoms. The van der Waals surface area contributed by atoms with E-state index in [1.807, 2.05) is 56.4 Å². The average molecular weight is 1940 g/mol. The van der Waals surface area contributed by atoms with Crippen LogP contribution in [0.15, 0.2) is 173 Å². The summed E-state index contributed by atoms with van der Waals surface area (Å²) in [6.07, 6.45) is 23.2. The van der Waals surface area contributed by atoms with E-state index in [0.29, 0.717) is 31.7 Å². The lowest BCUT2D eigenvalue weighted by Crippen LogP contribution is -2.49. The number of nitrogens with zero attached hydrogens (tertiary/aromatic N) is 10. The number of ether oxygens (including phenoxy) is 3. The highest BCUT2D eigenvalue weighted by molar-refractivity contribution is 7.78. The second-order valence-electron chi connectivity index (χ2n) is 37.4. The Kier molecular flexibility index (Phi) is 40.4. The van der Waals surface area contributed by atoms with E-state index in [2.05, 4.69) is 190 Å². The molecule has 7 aromatic rings. The van der Waals surface area contributed by atoms with Crippen molar-refractivity contribution in [2.75, 3.05) is 63.8 Å². The highest BCUT2D eigenvalue weighted by Gasteiger charge is 2.59. The Hall–Kier alpha value is -7.09. The fraction of sp³-hybridized carbons (Fsp3) is 0.614. The van der Waals surface area contributed by atoms with Gasteiger partial charge in [0.1, 0.15) is 58.5 Å². The van der Waals surface area contributed by atoms with Gasteiger partial charge in [-0.05, 0) is 170 Å². The van der Waals surface area contributed by atoms with Crippen molar-refractivity contribution in [3.63, 3.8) is 0 Å². The SMILES string of the molecule is C.CCN(CC)CC.CC[C@H]1O[C@@H](n2ccc(NC(=O)C(C)C)nc2=O)CC1O.CC[C@H]1O[C@@H](n2ccc(NC(=O)C(C)C)nc2=O)CC1O[P@@]1O[C@]2(c3ccccc3)CCCC[C@@H]2N1C.CC[C@H]1O[C@@H](n2ccc(NC(=O)C(C)C)nc2=O)CC1O[P@]1O[C@]2(c3ccccc3)CCCC[C@@H]2N1C.CN1[C@H]2CCCC[C@@]2(c2ccccc2)OP1Cl.CN[C@H]1CCCC[C@]1(O)c1ccccc1. The summed E-state index contributed by atoms with van der Waals surface area (Å²) in [7, 11) is 4.74. The maximum absolute atomic E-state index is 12.8. The van der Waals surface area contributed by atoms with Crippen LogP contribution in [-0.2, 0) is 73.6 Å². The van der Waals surface area contributed by atoms with Gasteiger partial charge in [-0.25, -0.2) is 28.4 Å². The van der Waals surface area contributed by atoms with Crippen molar-refractivity contribution in [1.29, 1.82) is 0 Å². The first-order valence-electron chi connectivity index (χ1n) is 48.8. The van der Waals surface area contributed by atoms with Crippen molar-refractivity contribution >= 4 is 71.1 Å². The number of carbonyl (C=O) groups is 3. The molecule has 6 aliphatic heterocycles. The molecule has 6 saturated heterocycles. The molecule has 3 amide bonds. The predicted molar refractivity (Wildman–Crippen MR) is 534 cm³/mol. The molecule has 4 unspecified atom stereocenters. The number of hydrogen-bond acceptors (Lipinski definition) is 24. The van der Waals surface area contributed by atoms with Gasteiger partial charge in [-0.1, -0.05) is 263 Å². The molecule has 3 aromatic heterocycles. The highest BCUT2D eigenvalue weighted by Crippen LogP contribution is 2.68. The molecular weight excluding hydrogens is 1790 g/mol. The molecule has 17 rings (SSSR count). The molecule has 4 aromatic carbocycles. The summed E-state index contributed by atoms with van der Waals surface area (Å²) < 4.78 is 62.5. The Morgan fingerprint density at radius 3 is 1.10 bits per heavy atom. The van der Waals surface area contributed by atoms with Gasteiger partial charge < -0.3 is 73.2 Å². The lowest BCUT2D eigenvalue weighted by Gasteiger charge is -2.40. The Bertz CT molecular complexity index is 4880. The number of rotatable bonds is 24. The van der Waals surface area contributed by atoms with Crippen LogP contribution in [0.3, 0.4) is 0 Å². The van der Waals surface area contributed by atoms with Crippen molar-refractivity contribution in [2.45, 2.75) is 334 Å². The quantitative estimate of drug-likeness (QED) is 0.0306. The predicted octanol–water partition coefficient (Wildman–Crippen LogP) is 19.1. The Morgan fingerprint density at radius 2 is 0.778 bits per heavy atom. The fourth-order valence-corrected chi connectivity index (χ4v) is 25.7. The van der Waals surface area contributed by atoms with Crippen molar-refractivity contribution in [3.8, 4) is 0 Å². The topological polar surface area (TPSA) is 331 Å². The third-order valence-electron chi connectivity index (χ3n) is 27.9. The summed E-state index contributed by atoms with van der Waals surface area (Å²) in [5, 5.41) is 31.7. The number of hydrogen-bond donors (Lipinski definition) is 6. The standard InChI is InChI=1S/2C27H37N4O5P.C14H21N3O4.C13H17ClNOP.C13H19NO.C6H15N.CH4/c2*1-5-20-21(17-24(34-20)31-16-14-23(29-26(31)33)28-25(32)18(2)3)35-37-30(4)22-13-9-10-15-27(22,36-37)19-11-7-6-8-12-19;1-4-10-9(18)7-12(21-10)17-6-5-11(16-14(17)20)15-13(19)8(2)3;1-15-12-9-5-6-10-13(12,16-17(15)14)11-7-3-2-4-8-11;1-14-12-9-5-6-10-13(12,15)11-7-3-2-4-8-11;1-4-7(5-2)6-3;/h2*6-8,11-12,14,16,18,20-22,24H,5,9-10,13,15,17H2,1-4H3,(H,28,29,32,33);5-6,8-10,12,18H,4,7H2,1-3H3,(H,15,16,19,20);2-4,7-8,12H,5-6,9-10H2,1H3;2-4,7-8,12,14-15H,5-6,9-10H2,1H3;4-6H2,1-3H3;1H4/t20-,21?,22+,24-,27+,37+;20-,21?,22+,24-,27+,37-;9?,10-,12-;12-,13-,17?;12-,13-;;/m11100../s1. The number of likely N-dealkylation sites (N-methyl/N-ethyl adjacent to an activating group) is 4. The van der Waals surface area contributed by atoms with Crippen LogP contribution >= 0.6 is 35.9 Å². The largest absolute Gasteiger partial charge is 0.390 e. The number of carbonyl (C=O) groups excluding carboxylic acids is 3. The van der Waals surface area contributed by atoms with Crippen LogP contribution in [0.5, 0.6) is 0 Å². The van der Waals surface area contributed by atoms with Crippen LogP contribution in [0.2, 0.25) is 0 Å². The smallest absolute Gasteiger partial charge is 0.351 e. The first kappa shape index (κ1) is 108. The number of aromatic nitrogens is 6. The monoisotopic (exact) mass is 1940 g/mol. The molecule has 135 heavy (non-hydrogen) atoms. The van der Waals surface area contributed by atoms with Crippen LogP contribution in [0.1, 0.15) is 273 Å². The minimum Gasteiger partial charge on any atom is -0.390 e. The lowest BCUT2D eigenvalue weighted by molar-refractivity contribution is -0.119. The second kappa shape index (κ2) is 50.3. The Labute approximate surface area is 807 Å². The minimum absolute atomic E-state index is 0. The first-order chi connectivity index (χ1) is 64.4. The van der Waals surface area contributed by atoms with Gasteiger partial charge in [0.15, 0.2) is 0 Å². The third-order valence-corrected chi connectivity index (χ3v) is 33.5. The maximum atomic E-state index is 12.8. The van der Waals surface area contributed by atoms with Crippen molar-refractivity contribution in [2.24, 2.45) is 17.8 Å². The molecule has 0 radical (unpaired) electrons. The zero-order valence-corrected chi connectivity index (χ0v) is 84.7. The summed E-state index contributed by atoms with van der Waals surface area (Å²) in [6, 6.07) is 47.7. The van der Waals surface area contributed by atoms with Gasteiger partial charge in [0.25, 0.3) is 17.1 Å². The van der Waals surface area contributed by atoms with E-state index in [0.717, 1.165) is 82.6 Å². The summed E-state index contributed by atoms with van der Waals surface area (Å²) in [5.41, 5.74) is 1.82. The number of benzene rings is 4. The van der Waals surface area contributed by atoms with Gasteiger partial charge >= 0.3 is 17.1 Å². The maximum Gasteiger partial charge on any atom is 0.351 e. The number of halogens is 1. The number of nitrogens with one attached hydrogen (secondary N) is 4. The van der Waals surface area contributed by atoms with Crippen molar-refractivity contribution in [1.82, 2.24) is 52.9 Å². The van der Waals surface area contributed by atoms with Gasteiger partial charge in [-0.15, -0.1) is 0 Å². The number of anilines is 3. The average Bonchev–Trinajstić information content (AvgIpc) is 1.60. The van der Waals surface area contributed by atoms with Crippen LogP contribution in [0.25, 0.3) is 0 Å². The molecule has 0 bridgehead atoms. The van der Waals surface area contributed by atoms with Crippen LogP contribution < -0.4 is 38.3 Å². The van der Waals surface area contributed by atoms with Crippen LogP contribution in [-0.4, -0.2) is 184 Å². The number of aliphatic hydroxyl groups excluding tert-OH is 1. The van der Waals surface area contributed by atoms with Gasteiger partial charge in [0, 0.05) is 67.7 Å². The molecule has 10 fully saturated rings. The normalized spacial score (nSPS) is 30.3. The first-order valence-corrected chi connectivity index (χ1v) is 53.1. The fourth-order valence-electron chi connectivity index (χ4n) is 20.0. The van der Waals surface area contributed by atoms with Crippen LogP contribution in [0, 0.1) is 17.8 Å². The Morgan fingerprint density at radius 1 is 0.459 bits per heavy atom. The van der Waals surface area contributed by atoms with E-state index in [1.165, 1.54) is 94.7 Å². The van der Waals surface area contributed by atoms with Gasteiger partial charge in [0.05, 0.1) is 48.7 Å². The zero-order valence-electron chi connectivity index (χ0n) is 81.2.